The number of rotatable bonds is 5. The first-order valence-electron chi connectivity index (χ1n) is 6.83. The molecule has 0 saturated carbocycles. The third-order valence-electron chi connectivity index (χ3n) is 3.15. The van der Waals surface area contributed by atoms with Gasteiger partial charge in [0, 0.05) is 12.5 Å². The number of carbonyl (C=O) groups is 1. The van der Waals surface area contributed by atoms with Crippen molar-refractivity contribution in [3.05, 3.63) is 35.9 Å². The van der Waals surface area contributed by atoms with Gasteiger partial charge in [0.05, 0.1) is 11.8 Å². The lowest BCUT2D eigenvalue weighted by molar-refractivity contribution is -0.131. The highest BCUT2D eigenvalue weighted by atomic mass is 16.6. The van der Waals surface area contributed by atoms with Gasteiger partial charge in [0.15, 0.2) is 0 Å². The largest absolute Gasteiger partial charge is 0.393 e. The van der Waals surface area contributed by atoms with Crippen molar-refractivity contribution in [2.75, 3.05) is 0 Å². The number of aliphatic hydroxyl groups is 1. The second-order valence-electron chi connectivity index (χ2n) is 5.20. The Morgan fingerprint density at radius 3 is 2.80 bits per heavy atom. The third-order valence-corrected chi connectivity index (χ3v) is 3.15. The van der Waals surface area contributed by atoms with E-state index >= 15 is 0 Å². The van der Waals surface area contributed by atoms with Crippen LogP contribution >= 0.6 is 0 Å². The Labute approximate surface area is 118 Å². The Hall–Kier alpha value is -1.88. The lowest BCUT2D eigenvalue weighted by atomic mass is 10.0. The number of hydrogen-bond acceptors (Lipinski definition) is 4. The summed E-state index contributed by atoms with van der Waals surface area (Å²) in [6.07, 6.45) is -0.0326. The maximum atomic E-state index is 12.0. The van der Waals surface area contributed by atoms with Gasteiger partial charge in [-0.15, -0.1) is 0 Å². The second kappa shape index (κ2) is 6.52. The standard InChI is InChI=1S/C15H20N2O3/c1-10(8-11(2)18)16-15(19)14-9-13(17-20-14)12-6-4-3-5-7-12/h3-7,10-11,14,18H,8-9H2,1-2H3,(H,16,19). The summed E-state index contributed by atoms with van der Waals surface area (Å²) in [6, 6.07) is 9.58. The number of nitrogens with one attached hydrogen (secondary N) is 1. The molecule has 1 amide bonds. The molecule has 1 heterocycles. The molecule has 2 N–H and O–H groups in total. The fourth-order valence-electron chi connectivity index (χ4n) is 2.23. The van der Waals surface area contributed by atoms with E-state index in [0.29, 0.717) is 12.8 Å². The van der Waals surface area contributed by atoms with Crippen LogP contribution < -0.4 is 5.32 Å². The minimum atomic E-state index is -0.582. The summed E-state index contributed by atoms with van der Waals surface area (Å²) >= 11 is 0. The molecule has 0 spiro atoms. The topological polar surface area (TPSA) is 70.9 Å². The quantitative estimate of drug-likeness (QED) is 0.855. The molecule has 20 heavy (non-hydrogen) atoms. The fourth-order valence-corrected chi connectivity index (χ4v) is 2.23. The second-order valence-corrected chi connectivity index (χ2v) is 5.20. The van der Waals surface area contributed by atoms with Crippen molar-refractivity contribution >= 4 is 11.6 Å². The Bertz CT molecular complexity index is 485. The predicted octanol–water partition coefficient (Wildman–Crippen LogP) is 1.46. The van der Waals surface area contributed by atoms with Crippen molar-refractivity contribution in [2.45, 2.75) is 44.9 Å². The Morgan fingerprint density at radius 1 is 1.45 bits per heavy atom. The van der Waals surface area contributed by atoms with Gasteiger partial charge in [0.1, 0.15) is 0 Å². The summed E-state index contributed by atoms with van der Waals surface area (Å²) in [7, 11) is 0. The van der Waals surface area contributed by atoms with E-state index in [9.17, 15) is 9.90 Å². The van der Waals surface area contributed by atoms with E-state index in [0.717, 1.165) is 11.3 Å². The average Bonchev–Trinajstić information content (AvgIpc) is 2.88. The first-order chi connectivity index (χ1) is 9.56. The number of nitrogens with zero attached hydrogens (tertiary/aromatic N) is 1. The molecule has 0 aromatic heterocycles. The normalized spacial score (nSPS) is 20.8. The van der Waals surface area contributed by atoms with E-state index in [4.69, 9.17) is 4.84 Å². The molecular weight excluding hydrogens is 256 g/mol. The Balaban J connectivity index is 1.87. The molecular formula is C15H20N2O3. The smallest absolute Gasteiger partial charge is 0.264 e. The van der Waals surface area contributed by atoms with E-state index in [1.54, 1.807) is 6.92 Å². The third kappa shape index (κ3) is 3.81. The molecule has 3 unspecified atom stereocenters. The van der Waals surface area contributed by atoms with Crippen LogP contribution in [0.4, 0.5) is 0 Å². The van der Waals surface area contributed by atoms with Crippen LogP contribution in [0.15, 0.2) is 35.5 Å². The molecule has 1 aromatic carbocycles. The zero-order chi connectivity index (χ0) is 14.5. The van der Waals surface area contributed by atoms with Crippen LogP contribution in [0.25, 0.3) is 0 Å². The molecule has 2 rings (SSSR count). The van der Waals surface area contributed by atoms with Crippen molar-refractivity contribution in [1.29, 1.82) is 0 Å². The fraction of sp³-hybridized carbons (Fsp3) is 0.467. The SMILES string of the molecule is CC(O)CC(C)NC(=O)C1CC(c2ccccc2)=NO1. The highest BCUT2D eigenvalue weighted by Gasteiger charge is 2.29. The summed E-state index contributed by atoms with van der Waals surface area (Å²) in [4.78, 5) is 17.2. The average molecular weight is 276 g/mol. The van der Waals surface area contributed by atoms with Gasteiger partial charge in [-0.2, -0.15) is 0 Å². The molecule has 0 fully saturated rings. The molecule has 0 saturated heterocycles. The van der Waals surface area contributed by atoms with Gasteiger partial charge in [0.2, 0.25) is 6.10 Å². The van der Waals surface area contributed by atoms with Gasteiger partial charge >= 0.3 is 0 Å². The molecule has 1 aliphatic heterocycles. The number of carbonyl (C=O) groups excluding carboxylic acids is 1. The molecule has 0 radical (unpaired) electrons. The van der Waals surface area contributed by atoms with E-state index in [2.05, 4.69) is 10.5 Å². The van der Waals surface area contributed by atoms with Crippen molar-refractivity contribution in [2.24, 2.45) is 5.16 Å². The van der Waals surface area contributed by atoms with Crippen LogP contribution in [0.5, 0.6) is 0 Å². The Morgan fingerprint density at radius 2 is 2.15 bits per heavy atom. The van der Waals surface area contributed by atoms with Crippen molar-refractivity contribution in [3.8, 4) is 0 Å². The van der Waals surface area contributed by atoms with Gasteiger partial charge in [-0.25, -0.2) is 0 Å². The molecule has 3 atom stereocenters. The minimum absolute atomic E-state index is 0.0909. The Kier molecular flexibility index (Phi) is 4.74. The molecule has 5 heteroatoms. The summed E-state index contributed by atoms with van der Waals surface area (Å²) in [5, 5.41) is 16.1. The first kappa shape index (κ1) is 14.5. The van der Waals surface area contributed by atoms with Crippen LogP contribution in [0.1, 0.15) is 32.3 Å². The molecule has 108 valence electrons. The maximum absolute atomic E-state index is 12.0. The van der Waals surface area contributed by atoms with Crippen molar-refractivity contribution < 1.29 is 14.7 Å². The van der Waals surface area contributed by atoms with E-state index < -0.39 is 12.2 Å². The summed E-state index contributed by atoms with van der Waals surface area (Å²) in [5.41, 5.74) is 1.76. The van der Waals surface area contributed by atoms with Crippen LogP contribution in [0.3, 0.4) is 0 Å². The van der Waals surface area contributed by atoms with Crippen molar-refractivity contribution in [3.63, 3.8) is 0 Å². The molecule has 1 aliphatic rings. The van der Waals surface area contributed by atoms with Gasteiger partial charge in [0.25, 0.3) is 5.91 Å². The van der Waals surface area contributed by atoms with Crippen LogP contribution in [0.2, 0.25) is 0 Å². The molecule has 5 nitrogen and oxygen atoms in total. The maximum Gasteiger partial charge on any atom is 0.264 e. The monoisotopic (exact) mass is 276 g/mol. The van der Waals surface area contributed by atoms with Crippen LogP contribution in [-0.4, -0.2) is 35.0 Å². The molecule has 0 aliphatic carbocycles. The minimum Gasteiger partial charge on any atom is -0.393 e. The molecule has 1 aromatic rings. The van der Waals surface area contributed by atoms with Crippen LogP contribution in [0, 0.1) is 0 Å². The van der Waals surface area contributed by atoms with Gasteiger partial charge in [-0.3, -0.25) is 4.79 Å². The lowest BCUT2D eigenvalue weighted by Gasteiger charge is -2.17. The highest BCUT2D eigenvalue weighted by Crippen LogP contribution is 2.16. The number of oxime groups is 1. The predicted molar refractivity (Wildman–Crippen MR) is 76.4 cm³/mol. The lowest BCUT2D eigenvalue weighted by Crippen LogP contribution is -2.41. The zero-order valence-corrected chi connectivity index (χ0v) is 11.7. The number of benzene rings is 1. The summed E-state index contributed by atoms with van der Waals surface area (Å²) < 4.78 is 0. The number of aliphatic hydroxyl groups excluding tert-OH is 1. The summed E-state index contributed by atoms with van der Waals surface area (Å²) in [6.45, 7) is 3.56. The van der Waals surface area contributed by atoms with Gasteiger partial charge < -0.3 is 15.3 Å². The zero-order valence-electron chi connectivity index (χ0n) is 11.7. The van der Waals surface area contributed by atoms with Gasteiger partial charge in [-0.1, -0.05) is 35.5 Å². The summed E-state index contributed by atoms with van der Waals surface area (Å²) in [5.74, 6) is -0.187. The van der Waals surface area contributed by atoms with E-state index in [1.165, 1.54) is 0 Å². The molecule has 0 bridgehead atoms. The van der Waals surface area contributed by atoms with E-state index in [-0.39, 0.29) is 11.9 Å². The number of hydrogen-bond donors (Lipinski definition) is 2. The van der Waals surface area contributed by atoms with Crippen molar-refractivity contribution in [1.82, 2.24) is 5.32 Å². The highest BCUT2D eigenvalue weighted by molar-refractivity contribution is 6.04. The van der Waals surface area contributed by atoms with Gasteiger partial charge in [-0.05, 0) is 25.8 Å². The number of amides is 1. The van der Waals surface area contributed by atoms with E-state index in [1.807, 2.05) is 37.3 Å². The van der Waals surface area contributed by atoms with Crippen LogP contribution in [-0.2, 0) is 9.63 Å². The first-order valence-corrected chi connectivity index (χ1v) is 6.83.